The average molecular weight is 383 g/mol. The van der Waals surface area contributed by atoms with Crippen LogP contribution in [0.5, 0.6) is 0 Å². The molecule has 3 heterocycles. The zero-order valence-electron chi connectivity index (χ0n) is 16.9. The summed E-state index contributed by atoms with van der Waals surface area (Å²) in [6.07, 6.45) is 3.80. The van der Waals surface area contributed by atoms with Crippen LogP contribution in [0, 0.1) is 6.92 Å². The number of piperazine rings is 1. The van der Waals surface area contributed by atoms with Gasteiger partial charge in [0.2, 0.25) is 0 Å². The van der Waals surface area contributed by atoms with E-state index in [1.807, 2.05) is 17.1 Å². The number of benzene rings is 2. The fourth-order valence-corrected chi connectivity index (χ4v) is 4.00. The number of rotatable bonds is 3. The third-order valence-corrected chi connectivity index (χ3v) is 5.84. The van der Waals surface area contributed by atoms with Crippen LogP contribution in [0.15, 0.2) is 67.0 Å². The summed E-state index contributed by atoms with van der Waals surface area (Å²) in [4.78, 5) is 9.49. The fourth-order valence-electron chi connectivity index (χ4n) is 4.00. The maximum Gasteiger partial charge on any atom is 0.0778 e. The fraction of sp³-hybridized carbons (Fsp3) is 0.250. The molecule has 0 spiro atoms. The monoisotopic (exact) mass is 383 g/mol. The molecule has 0 radical (unpaired) electrons. The van der Waals surface area contributed by atoms with E-state index in [-0.39, 0.29) is 0 Å². The molecular formula is C24H25N5. The number of nitrogens with zero attached hydrogens (tertiary/aromatic N) is 5. The van der Waals surface area contributed by atoms with Crippen molar-refractivity contribution in [3.05, 3.63) is 72.6 Å². The number of fused-ring (bicyclic) bond motifs is 1. The van der Waals surface area contributed by atoms with E-state index in [9.17, 15) is 0 Å². The number of aryl methyl sites for hydroxylation is 1. The molecule has 1 aliphatic heterocycles. The molecule has 1 fully saturated rings. The Kier molecular flexibility index (Phi) is 4.52. The Labute approximate surface area is 171 Å². The lowest BCUT2D eigenvalue weighted by molar-refractivity contribution is 0.313. The highest BCUT2D eigenvalue weighted by Gasteiger charge is 2.15. The summed E-state index contributed by atoms with van der Waals surface area (Å²) in [6, 6.07) is 19.2. The van der Waals surface area contributed by atoms with Crippen LogP contribution in [0.25, 0.3) is 27.8 Å². The van der Waals surface area contributed by atoms with Crippen LogP contribution in [-0.4, -0.2) is 52.9 Å². The molecule has 5 heteroatoms. The van der Waals surface area contributed by atoms with E-state index in [0.717, 1.165) is 54.0 Å². The van der Waals surface area contributed by atoms with Crippen molar-refractivity contribution in [2.24, 2.45) is 0 Å². The Morgan fingerprint density at radius 3 is 2.31 bits per heavy atom. The van der Waals surface area contributed by atoms with Gasteiger partial charge in [-0.3, -0.25) is 4.98 Å². The van der Waals surface area contributed by atoms with E-state index >= 15 is 0 Å². The highest BCUT2D eigenvalue weighted by Crippen LogP contribution is 2.27. The molecule has 0 bridgehead atoms. The lowest BCUT2D eigenvalue weighted by atomic mass is 10.0. The predicted octanol–water partition coefficient (Wildman–Crippen LogP) is 4.15. The van der Waals surface area contributed by atoms with Crippen molar-refractivity contribution < 1.29 is 0 Å². The molecule has 5 nitrogen and oxygen atoms in total. The van der Waals surface area contributed by atoms with Gasteiger partial charge in [-0.05, 0) is 49.9 Å². The first-order chi connectivity index (χ1) is 14.2. The van der Waals surface area contributed by atoms with Gasteiger partial charge < -0.3 is 9.80 Å². The lowest BCUT2D eigenvalue weighted by Gasteiger charge is -2.34. The molecule has 1 aliphatic rings. The molecule has 146 valence electrons. The number of hydrogen-bond acceptors (Lipinski definition) is 4. The van der Waals surface area contributed by atoms with Crippen LogP contribution >= 0.6 is 0 Å². The highest BCUT2D eigenvalue weighted by molar-refractivity contribution is 5.83. The van der Waals surface area contributed by atoms with Crippen molar-refractivity contribution in [1.29, 1.82) is 0 Å². The second-order valence-electron chi connectivity index (χ2n) is 7.81. The number of pyridine rings is 1. The molecule has 1 saturated heterocycles. The standard InChI is InChI=1S/C24H25N5/c1-18-5-3-4-6-22(18)23-15-24-19(16-25-23)17-26-29(24)21-9-7-20(8-10-21)28-13-11-27(2)12-14-28/h3-10,15-17H,11-14H2,1-2H3. The van der Waals surface area contributed by atoms with Crippen LogP contribution < -0.4 is 4.90 Å². The summed E-state index contributed by atoms with van der Waals surface area (Å²) in [5.74, 6) is 0. The molecule has 29 heavy (non-hydrogen) atoms. The zero-order chi connectivity index (χ0) is 19.8. The second kappa shape index (κ2) is 7.33. The first kappa shape index (κ1) is 17.9. The molecule has 0 unspecified atom stereocenters. The van der Waals surface area contributed by atoms with Crippen molar-refractivity contribution >= 4 is 16.6 Å². The molecule has 2 aromatic heterocycles. The molecule has 0 N–H and O–H groups in total. The van der Waals surface area contributed by atoms with Gasteiger partial charge in [-0.25, -0.2) is 4.68 Å². The summed E-state index contributed by atoms with van der Waals surface area (Å²) >= 11 is 0. The molecule has 0 amide bonds. The summed E-state index contributed by atoms with van der Waals surface area (Å²) < 4.78 is 2.01. The quantitative estimate of drug-likeness (QED) is 0.533. The van der Waals surface area contributed by atoms with E-state index in [2.05, 4.69) is 88.5 Å². The number of hydrogen-bond donors (Lipinski definition) is 0. The first-order valence-electron chi connectivity index (χ1n) is 10.1. The second-order valence-corrected chi connectivity index (χ2v) is 7.81. The van der Waals surface area contributed by atoms with Crippen molar-refractivity contribution in [3.8, 4) is 16.9 Å². The Morgan fingerprint density at radius 1 is 0.828 bits per heavy atom. The number of likely N-dealkylation sites (N-methyl/N-ethyl adjacent to an activating group) is 1. The van der Waals surface area contributed by atoms with Gasteiger partial charge in [-0.15, -0.1) is 0 Å². The lowest BCUT2D eigenvalue weighted by Crippen LogP contribution is -2.44. The minimum atomic E-state index is 0.978. The van der Waals surface area contributed by atoms with Crippen LogP contribution in [0.2, 0.25) is 0 Å². The maximum atomic E-state index is 4.66. The maximum absolute atomic E-state index is 4.66. The third-order valence-electron chi connectivity index (χ3n) is 5.84. The van der Waals surface area contributed by atoms with E-state index in [1.54, 1.807) is 0 Å². The van der Waals surface area contributed by atoms with E-state index in [1.165, 1.54) is 11.3 Å². The Balaban J connectivity index is 1.49. The largest absolute Gasteiger partial charge is 0.369 e. The summed E-state index contributed by atoms with van der Waals surface area (Å²) in [5.41, 5.74) is 6.78. The van der Waals surface area contributed by atoms with Crippen molar-refractivity contribution in [2.45, 2.75) is 6.92 Å². The van der Waals surface area contributed by atoms with E-state index in [4.69, 9.17) is 0 Å². The van der Waals surface area contributed by atoms with Crippen LogP contribution in [-0.2, 0) is 0 Å². The zero-order valence-corrected chi connectivity index (χ0v) is 16.9. The Hall–Kier alpha value is -3.18. The third kappa shape index (κ3) is 3.38. The van der Waals surface area contributed by atoms with Crippen LogP contribution in [0.4, 0.5) is 5.69 Å². The minimum absolute atomic E-state index is 0.978. The van der Waals surface area contributed by atoms with E-state index in [0.29, 0.717) is 0 Å². The Morgan fingerprint density at radius 2 is 1.55 bits per heavy atom. The van der Waals surface area contributed by atoms with Crippen molar-refractivity contribution in [1.82, 2.24) is 19.7 Å². The first-order valence-corrected chi connectivity index (χ1v) is 10.1. The summed E-state index contributed by atoms with van der Waals surface area (Å²) in [5, 5.41) is 5.68. The van der Waals surface area contributed by atoms with Gasteiger partial charge in [-0.1, -0.05) is 24.3 Å². The van der Waals surface area contributed by atoms with Gasteiger partial charge in [0.05, 0.1) is 23.1 Å². The predicted molar refractivity (Wildman–Crippen MR) is 119 cm³/mol. The topological polar surface area (TPSA) is 37.2 Å². The minimum Gasteiger partial charge on any atom is -0.369 e. The average Bonchev–Trinajstić information content (AvgIpc) is 3.18. The molecule has 5 rings (SSSR count). The van der Waals surface area contributed by atoms with Gasteiger partial charge in [0, 0.05) is 49.0 Å². The van der Waals surface area contributed by atoms with Crippen LogP contribution in [0.1, 0.15) is 5.56 Å². The van der Waals surface area contributed by atoms with Crippen molar-refractivity contribution in [3.63, 3.8) is 0 Å². The molecular weight excluding hydrogens is 358 g/mol. The molecule has 0 atom stereocenters. The van der Waals surface area contributed by atoms with Crippen LogP contribution in [0.3, 0.4) is 0 Å². The SMILES string of the molecule is Cc1ccccc1-c1cc2c(cn1)cnn2-c1ccc(N2CCN(C)CC2)cc1. The molecule has 0 saturated carbocycles. The Bertz CT molecular complexity index is 1140. The van der Waals surface area contributed by atoms with Gasteiger partial charge in [0.1, 0.15) is 0 Å². The van der Waals surface area contributed by atoms with Gasteiger partial charge >= 0.3 is 0 Å². The number of anilines is 1. The normalized spacial score (nSPS) is 15.2. The number of aromatic nitrogens is 3. The molecule has 4 aromatic rings. The summed E-state index contributed by atoms with van der Waals surface area (Å²) in [6.45, 7) is 6.49. The van der Waals surface area contributed by atoms with Gasteiger partial charge in [0.25, 0.3) is 0 Å². The molecule has 0 aliphatic carbocycles. The van der Waals surface area contributed by atoms with Gasteiger partial charge in [0.15, 0.2) is 0 Å². The highest BCUT2D eigenvalue weighted by atomic mass is 15.3. The molecule has 2 aromatic carbocycles. The van der Waals surface area contributed by atoms with Gasteiger partial charge in [-0.2, -0.15) is 5.10 Å². The van der Waals surface area contributed by atoms with Crippen molar-refractivity contribution in [2.75, 3.05) is 38.1 Å². The smallest absolute Gasteiger partial charge is 0.0778 e. The van der Waals surface area contributed by atoms with E-state index < -0.39 is 0 Å². The summed E-state index contributed by atoms with van der Waals surface area (Å²) in [7, 11) is 2.18.